The summed E-state index contributed by atoms with van der Waals surface area (Å²) < 4.78 is 5.31. The lowest BCUT2D eigenvalue weighted by Crippen LogP contribution is -2.21. The highest BCUT2D eigenvalue weighted by molar-refractivity contribution is 6.42. The summed E-state index contributed by atoms with van der Waals surface area (Å²) >= 11 is 17.4. The van der Waals surface area contributed by atoms with Gasteiger partial charge < -0.3 is 15.8 Å². The molecule has 5 nitrogen and oxygen atoms in total. The van der Waals surface area contributed by atoms with Crippen molar-refractivity contribution in [3.05, 3.63) is 57.0 Å². The number of carbonyl (C=O) groups excluding carboxylic acids is 2. The number of hydrogen-bond donors (Lipinski definition) is 2. The normalized spacial score (nSPS) is 10.2. The Morgan fingerprint density at radius 3 is 2.43 bits per heavy atom. The Kier molecular flexibility index (Phi) is 5.71. The molecule has 0 atom stereocenters. The van der Waals surface area contributed by atoms with Crippen LogP contribution in [0.15, 0.2) is 36.4 Å². The second kappa shape index (κ2) is 7.55. The monoisotopic (exact) mass is 372 g/mol. The van der Waals surface area contributed by atoms with Crippen LogP contribution in [0.2, 0.25) is 15.1 Å². The van der Waals surface area contributed by atoms with Crippen molar-refractivity contribution in [3.63, 3.8) is 0 Å². The third-order valence-electron chi connectivity index (χ3n) is 2.77. The molecule has 0 heterocycles. The van der Waals surface area contributed by atoms with E-state index in [1.54, 1.807) is 12.1 Å². The summed E-state index contributed by atoms with van der Waals surface area (Å²) in [5.74, 6) is -0.965. The average molecular weight is 374 g/mol. The Hall–Kier alpha value is -1.95. The second-order valence-electron chi connectivity index (χ2n) is 4.47. The molecule has 2 aromatic carbocycles. The van der Waals surface area contributed by atoms with Crippen molar-refractivity contribution >= 4 is 52.3 Å². The Balaban J connectivity index is 2.02. The topological polar surface area (TPSA) is 81.4 Å². The van der Waals surface area contributed by atoms with Gasteiger partial charge in [-0.2, -0.15) is 0 Å². The van der Waals surface area contributed by atoms with Crippen molar-refractivity contribution in [1.82, 2.24) is 0 Å². The average Bonchev–Trinajstić information content (AvgIpc) is 2.49. The van der Waals surface area contributed by atoms with Crippen molar-refractivity contribution < 1.29 is 14.3 Å². The minimum absolute atomic E-state index is 0.0971. The first-order chi connectivity index (χ1) is 10.9. The maximum atomic E-state index is 11.9. The summed E-state index contributed by atoms with van der Waals surface area (Å²) in [5.41, 5.74) is 5.81. The lowest BCUT2D eigenvalue weighted by molar-refractivity contribution is -0.118. The van der Waals surface area contributed by atoms with Crippen LogP contribution in [0, 0.1) is 0 Å². The van der Waals surface area contributed by atoms with Gasteiger partial charge in [0.25, 0.3) is 11.8 Å². The van der Waals surface area contributed by atoms with E-state index in [9.17, 15) is 9.59 Å². The Labute approximate surface area is 147 Å². The van der Waals surface area contributed by atoms with E-state index in [1.165, 1.54) is 24.3 Å². The first-order valence-corrected chi connectivity index (χ1v) is 7.47. The van der Waals surface area contributed by atoms with Crippen LogP contribution >= 0.6 is 34.8 Å². The molecule has 0 fully saturated rings. The van der Waals surface area contributed by atoms with E-state index >= 15 is 0 Å². The number of rotatable bonds is 5. The molecule has 120 valence electrons. The third-order valence-corrected chi connectivity index (χ3v) is 3.74. The largest absolute Gasteiger partial charge is 0.483 e. The summed E-state index contributed by atoms with van der Waals surface area (Å²) in [4.78, 5) is 23.2. The van der Waals surface area contributed by atoms with Gasteiger partial charge in [0.1, 0.15) is 5.75 Å². The molecule has 0 saturated heterocycles. The van der Waals surface area contributed by atoms with Crippen LogP contribution in [-0.2, 0) is 4.79 Å². The molecule has 2 aromatic rings. The second-order valence-corrected chi connectivity index (χ2v) is 5.72. The number of hydrogen-bond acceptors (Lipinski definition) is 3. The van der Waals surface area contributed by atoms with Gasteiger partial charge in [0, 0.05) is 10.7 Å². The Morgan fingerprint density at radius 2 is 1.78 bits per heavy atom. The molecular weight excluding hydrogens is 363 g/mol. The van der Waals surface area contributed by atoms with Gasteiger partial charge in [-0.25, -0.2) is 0 Å². The summed E-state index contributed by atoms with van der Waals surface area (Å²) in [5, 5.41) is 3.63. The van der Waals surface area contributed by atoms with E-state index in [-0.39, 0.29) is 17.9 Å². The molecule has 3 N–H and O–H groups in total. The lowest BCUT2D eigenvalue weighted by Gasteiger charge is -2.10. The van der Waals surface area contributed by atoms with Gasteiger partial charge in [-0.1, -0.05) is 34.8 Å². The van der Waals surface area contributed by atoms with Crippen LogP contribution in [0.4, 0.5) is 5.69 Å². The van der Waals surface area contributed by atoms with E-state index in [4.69, 9.17) is 45.3 Å². The summed E-state index contributed by atoms with van der Waals surface area (Å²) in [7, 11) is 0. The predicted molar refractivity (Wildman–Crippen MR) is 90.6 cm³/mol. The van der Waals surface area contributed by atoms with Gasteiger partial charge in [-0.15, -0.1) is 0 Å². The molecule has 0 spiro atoms. The minimum Gasteiger partial charge on any atom is -0.483 e. The van der Waals surface area contributed by atoms with Gasteiger partial charge in [-0.3, -0.25) is 9.59 Å². The molecule has 2 amide bonds. The molecule has 0 aromatic heterocycles. The van der Waals surface area contributed by atoms with Crippen LogP contribution in [0.1, 0.15) is 10.4 Å². The fraction of sp³-hybridized carbons (Fsp3) is 0.0667. The van der Waals surface area contributed by atoms with E-state index in [0.29, 0.717) is 20.8 Å². The van der Waals surface area contributed by atoms with Gasteiger partial charge in [-0.05, 0) is 36.4 Å². The molecule has 0 aliphatic carbocycles. The summed E-state index contributed by atoms with van der Waals surface area (Å²) in [6, 6.07) is 9.04. The molecular formula is C15H11Cl3N2O3. The fourth-order valence-electron chi connectivity index (χ4n) is 1.73. The highest BCUT2D eigenvalue weighted by atomic mass is 35.5. The number of benzene rings is 2. The van der Waals surface area contributed by atoms with E-state index in [2.05, 4.69) is 5.32 Å². The highest BCUT2D eigenvalue weighted by Crippen LogP contribution is 2.25. The zero-order valence-electron chi connectivity index (χ0n) is 11.6. The van der Waals surface area contributed by atoms with E-state index < -0.39 is 11.8 Å². The fourth-order valence-corrected chi connectivity index (χ4v) is 2.21. The van der Waals surface area contributed by atoms with Gasteiger partial charge in [0.05, 0.1) is 15.6 Å². The zero-order valence-corrected chi connectivity index (χ0v) is 13.9. The van der Waals surface area contributed by atoms with Crippen LogP contribution in [0.25, 0.3) is 0 Å². The number of ether oxygens (including phenoxy) is 1. The quantitative estimate of drug-likeness (QED) is 0.837. The van der Waals surface area contributed by atoms with Gasteiger partial charge >= 0.3 is 0 Å². The minimum atomic E-state index is -0.701. The molecule has 0 bridgehead atoms. The van der Waals surface area contributed by atoms with Gasteiger partial charge in [0.15, 0.2) is 6.61 Å². The number of carbonyl (C=O) groups is 2. The van der Waals surface area contributed by atoms with Gasteiger partial charge in [0.2, 0.25) is 0 Å². The smallest absolute Gasteiger partial charge is 0.262 e. The number of anilines is 1. The Morgan fingerprint density at radius 1 is 1.04 bits per heavy atom. The molecule has 2 rings (SSSR count). The number of amides is 2. The summed E-state index contributed by atoms with van der Waals surface area (Å²) in [6.45, 7) is -0.317. The van der Waals surface area contributed by atoms with Crippen LogP contribution < -0.4 is 15.8 Å². The molecule has 0 unspecified atom stereocenters. The lowest BCUT2D eigenvalue weighted by atomic mass is 10.2. The van der Waals surface area contributed by atoms with Crippen molar-refractivity contribution in [2.45, 2.75) is 0 Å². The van der Waals surface area contributed by atoms with E-state index in [0.717, 1.165) is 0 Å². The Bertz CT molecular complexity index is 766. The molecule has 0 aliphatic rings. The third kappa shape index (κ3) is 4.76. The standard InChI is InChI=1S/C15H11Cl3N2O3/c16-8-1-4-13(10(5-8)15(19)22)23-7-14(21)20-9-2-3-11(17)12(18)6-9/h1-6H,7H2,(H2,19,22)(H,20,21). The van der Waals surface area contributed by atoms with E-state index in [1.807, 2.05) is 0 Å². The number of primary amides is 1. The van der Waals surface area contributed by atoms with Crippen molar-refractivity contribution in [3.8, 4) is 5.75 Å². The number of nitrogens with two attached hydrogens (primary N) is 1. The molecule has 0 radical (unpaired) electrons. The molecule has 8 heteroatoms. The first kappa shape index (κ1) is 17.4. The maximum absolute atomic E-state index is 11.9. The molecule has 0 saturated carbocycles. The van der Waals surface area contributed by atoms with Crippen LogP contribution in [0.3, 0.4) is 0 Å². The van der Waals surface area contributed by atoms with Crippen LogP contribution in [0.5, 0.6) is 5.75 Å². The maximum Gasteiger partial charge on any atom is 0.262 e. The number of nitrogens with one attached hydrogen (secondary N) is 1. The molecule has 23 heavy (non-hydrogen) atoms. The van der Waals surface area contributed by atoms with Crippen molar-refractivity contribution in [2.24, 2.45) is 5.73 Å². The summed E-state index contributed by atoms with van der Waals surface area (Å²) in [6.07, 6.45) is 0. The SMILES string of the molecule is NC(=O)c1cc(Cl)ccc1OCC(=O)Nc1ccc(Cl)c(Cl)c1. The number of halogens is 3. The highest BCUT2D eigenvalue weighted by Gasteiger charge is 2.12. The molecule has 0 aliphatic heterocycles. The van der Waals surface area contributed by atoms with Crippen LogP contribution in [-0.4, -0.2) is 18.4 Å². The first-order valence-electron chi connectivity index (χ1n) is 6.34. The zero-order chi connectivity index (χ0) is 17.0. The van der Waals surface area contributed by atoms with Crippen molar-refractivity contribution in [2.75, 3.05) is 11.9 Å². The van der Waals surface area contributed by atoms with Crippen molar-refractivity contribution in [1.29, 1.82) is 0 Å². The predicted octanol–water partition coefficient (Wildman–Crippen LogP) is 3.76.